The summed E-state index contributed by atoms with van der Waals surface area (Å²) in [6.45, 7) is 0. The standard InChI is InChI=1S/C50H32N2O/c1-3-16-35(17-4-1)51(37-27-26-33-14-7-8-15-34(33)30-37)38-28-29-44-47(31-38)53-48-32-45(39-20-9-10-22-41(39)49(44)48)43-24-13-23-42-40-21-11-12-25-46(40)52(50(42)43)36-18-5-2-6-19-36/h1-32H. The van der Waals surface area contributed by atoms with Gasteiger partial charge in [0.15, 0.2) is 0 Å². The van der Waals surface area contributed by atoms with Gasteiger partial charge in [-0.25, -0.2) is 0 Å². The highest BCUT2D eigenvalue weighted by atomic mass is 16.3. The number of benzene rings is 9. The maximum absolute atomic E-state index is 6.91. The molecular formula is C50H32N2O. The highest BCUT2D eigenvalue weighted by Crippen LogP contribution is 2.45. The highest BCUT2D eigenvalue weighted by molar-refractivity contribution is 6.24. The van der Waals surface area contributed by atoms with Gasteiger partial charge in [0.25, 0.3) is 0 Å². The van der Waals surface area contributed by atoms with E-state index in [4.69, 9.17) is 4.42 Å². The van der Waals surface area contributed by atoms with Crippen LogP contribution in [0.2, 0.25) is 0 Å². The van der Waals surface area contributed by atoms with Crippen molar-refractivity contribution >= 4 is 82.4 Å². The summed E-state index contributed by atoms with van der Waals surface area (Å²) in [5, 5.41) is 9.52. The Labute approximate surface area is 306 Å². The van der Waals surface area contributed by atoms with Gasteiger partial charge < -0.3 is 13.9 Å². The van der Waals surface area contributed by atoms with Gasteiger partial charge in [-0.3, -0.25) is 0 Å². The average Bonchev–Trinajstić information content (AvgIpc) is 3.77. The van der Waals surface area contributed by atoms with Gasteiger partial charge >= 0.3 is 0 Å². The first-order chi connectivity index (χ1) is 26.3. The summed E-state index contributed by atoms with van der Waals surface area (Å²) in [6.07, 6.45) is 0. The second-order valence-corrected chi connectivity index (χ2v) is 13.7. The van der Waals surface area contributed by atoms with Crippen LogP contribution < -0.4 is 4.90 Å². The minimum Gasteiger partial charge on any atom is -0.456 e. The summed E-state index contributed by atoms with van der Waals surface area (Å²) < 4.78 is 9.32. The van der Waals surface area contributed by atoms with Crippen LogP contribution in [0, 0.1) is 0 Å². The summed E-state index contributed by atoms with van der Waals surface area (Å²) >= 11 is 0. The van der Waals surface area contributed by atoms with Gasteiger partial charge in [0.2, 0.25) is 0 Å². The molecule has 0 aliphatic heterocycles. The van der Waals surface area contributed by atoms with E-state index in [1.165, 1.54) is 48.9 Å². The number of fused-ring (bicyclic) bond motifs is 9. The zero-order valence-electron chi connectivity index (χ0n) is 28.8. The van der Waals surface area contributed by atoms with Crippen LogP contribution in [0.3, 0.4) is 0 Å². The predicted molar refractivity (Wildman–Crippen MR) is 223 cm³/mol. The van der Waals surface area contributed by atoms with Gasteiger partial charge in [-0.1, -0.05) is 127 Å². The number of anilines is 3. The number of aromatic nitrogens is 1. The Hall–Kier alpha value is -7.10. The lowest BCUT2D eigenvalue weighted by molar-refractivity contribution is 0.669. The fourth-order valence-electron chi connectivity index (χ4n) is 8.41. The Bertz CT molecular complexity index is 3170. The molecule has 9 aromatic carbocycles. The monoisotopic (exact) mass is 676 g/mol. The third-order valence-electron chi connectivity index (χ3n) is 10.7. The molecule has 0 N–H and O–H groups in total. The van der Waals surface area contributed by atoms with Crippen LogP contribution in [-0.2, 0) is 0 Å². The van der Waals surface area contributed by atoms with E-state index in [-0.39, 0.29) is 0 Å². The number of furan rings is 1. The quantitative estimate of drug-likeness (QED) is 0.181. The number of rotatable bonds is 5. The van der Waals surface area contributed by atoms with E-state index in [0.29, 0.717) is 0 Å². The second kappa shape index (κ2) is 11.7. The van der Waals surface area contributed by atoms with Gasteiger partial charge in [-0.05, 0) is 87.8 Å². The molecule has 0 saturated carbocycles. The summed E-state index contributed by atoms with van der Waals surface area (Å²) in [5.41, 5.74) is 10.8. The largest absolute Gasteiger partial charge is 0.456 e. The Balaban J connectivity index is 1.15. The molecule has 2 aromatic heterocycles. The van der Waals surface area contributed by atoms with Crippen LogP contribution in [-0.4, -0.2) is 4.57 Å². The number of para-hydroxylation sites is 4. The predicted octanol–water partition coefficient (Wildman–Crippen LogP) is 14.1. The van der Waals surface area contributed by atoms with Crippen LogP contribution in [0.25, 0.3) is 82.1 Å². The molecule has 0 radical (unpaired) electrons. The van der Waals surface area contributed by atoms with Crippen molar-refractivity contribution < 1.29 is 4.42 Å². The first-order valence-electron chi connectivity index (χ1n) is 18.1. The highest BCUT2D eigenvalue weighted by Gasteiger charge is 2.21. The molecule has 3 nitrogen and oxygen atoms in total. The van der Waals surface area contributed by atoms with E-state index in [9.17, 15) is 0 Å². The Morgan fingerprint density at radius 3 is 1.89 bits per heavy atom. The zero-order valence-corrected chi connectivity index (χ0v) is 28.8. The van der Waals surface area contributed by atoms with Crippen LogP contribution >= 0.6 is 0 Å². The molecule has 0 amide bonds. The normalized spacial score (nSPS) is 11.8. The van der Waals surface area contributed by atoms with Crippen LogP contribution in [0.4, 0.5) is 17.1 Å². The first kappa shape index (κ1) is 29.6. The van der Waals surface area contributed by atoms with E-state index >= 15 is 0 Å². The van der Waals surface area contributed by atoms with Crippen molar-refractivity contribution in [3.05, 3.63) is 194 Å². The van der Waals surface area contributed by atoms with Gasteiger partial charge in [-0.2, -0.15) is 0 Å². The molecule has 53 heavy (non-hydrogen) atoms. The van der Waals surface area contributed by atoms with Crippen molar-refractivity contribution in [2.45, 2.75) is 0 Å². The van der Waals surface area contributed by atoms with Gasteiger partial charge in [0.05, 0.1) is 11.0 Å². The lowest BCUT2D eigenvalue weighted by atomic mass is 9.93. The molecule has 0 atom stereocenters. The fraction of sp³-hybridized carbons (Fsp3) is 0. The molecular weight excluding hydrogens is 645 g/mol. The summed E-state index contributed by atoms with van der Waals surface area (Å²) in [7, 11) is 0. The third-order valence-corrected chi connectivity index (χ3v) is 10.7. The molecule has 248 valence electrons. The minimum atomic E-state index is 0.859. The molecule has 0 fully saturated rings. The molecule has 11 aromatic rings. The molecule has 3 heteroatoms. The molecule has 0 bridgehead atoms. The van der Waals surface area contributed by atoms with Crippen molar-refractivity contribution in [3.8, 4) is 16.8 Å². The van der Waals surface area contributed by atoms with Crippen molar-refractivity contribution in [2.24, 2.45) is 0 Å². The zero-order chi connectivity index (χ0) is 34.9. The minimum absolute atomic E-state index is 0.859. The van der Waals surface area contributed by atoms with E-state index < -0.39 is 0 Å². The topological polar surface area (TPSA) is 21.3 Å². The molecule has 0 aliphatic carbocycles. The number of hydrogen-bond acceptors (Lipinski definition) is 2. The second-order valence-electron chi connectivity index (χ2n) is 13.7. The Kier molecular flexibility index (Phi) is 6.55. The van der Waals surface area contributed by atoms with Crippen LogP contribution in [0.5, 0.6) is 0 Å². The van der Waals surface area contributed by atoms with Crippen molar-refractivity contribution in [3.63, 3.8) is 0 Å². The van der Waals surface area contributed by atoms with Crippen molar-refractivity contribution in [1.82, 2.24) is 4.57 Å². The van der Waals surface area contributed by atoms with Crippen molar-refractivity contribution in [2.75, 3.05) is 4.90 Å². The summed E-state index contributed by atoms with van der Waals surface area (Å²) in [5.74, 6) is 0. The van der Waals surface area contributed by atoms with Crippen LogP contribution in [0.1, 0.15) is 0 Å². The van der Waals surface area contributed by atoms with Gasteiger partial charge in [0.1, 0.15) is 11.2 Å². The lowest BCUT2D eigenvalue weighted by Gasteiger charge is -2.25. The van der Waals surface area contributed by atoms with Crippen LogP contribution in [0.15, 0.2) is 199 Å². The maximum Gasteiger partial charge on any atom is 0.137 e. The molecule has 2 heterocycles. The van der Waals surface area contributed by atoms with Gasteiger partial charge in [-0.15, -0.1) is 0 Å². The number of hydrogen-bond donors (Lipinski definition) is 0. The average molecular weight is 677 g/mol. The summed E-state index contributed by atoms with van der Waals surface area (Å²) in [4.78, 5) is 2.31. The first-order valence-corrected chi connectivity index (χ1v) is 18.1. The molecule has 11 rings (SSSR count). The summed E-state index contributed by atoms with van der Waals surface area (Å²) in [6, 6.07) is 69.5. The lowest BCUT2D eigenvalue weighted by Crippen LogP contribution is -2.09. The van der Waals surface area contributed by atoms with E-state index in [0.717, 1.165) is 50.3 Å². The molecule has 0 unspecified atom stereocenters. The van der Waals surface area contributed by atoms with Gasteiger partial charge in [0, 0.05) is 55.9 Å². The van der Waals surface area contributed by atoms with E-state index in [1.54, 1.807) is 0 Å². The van der Waals surface area contributed by atoms with E-state index in [2.05, 4.69) is 204 Å². The van der Waals surface area contributed by atoms with Crippen molar-refractivity contribution in [1.29, 1.82) is 0 Å². The SMILES string of the molecule is c1ccc(N(c2ccc3ccccc3c2)c2ccc3c(c2)oc2cc(-c4cccc5c6ccccc6n(-c6ccccc6)c45)c4ccccc4c23)cc1. The molecule has 0 saturated heterocycles. The number of nitrogens with zero attached hydrogens (tertiary/aromatic N) is 2. The Morgan fingerprint density at radius 2 is 1.04 bits per heavy atom. The van der Waals surface area contributed by atoms with E-state index in [1.807, 2.05) is 0 Å². The Morgan fingerprint density at radius 1 is 0.377 bits per heavy atom. The molecule has 0 aliphatic rings. The maximum atomic E-state index is 6.91. The fourth-order valence-corrected chi connectivity index (χ4v) is 8.41. The third kappa shape index (κ3) is 4.61. The molecule has 0 spiro atoms. The smallest absolute Gasteiger partial charge is 0.137 e.